The number of carbonyl (C=O) groups is 2. The summed E-state index contributed by atoms with van der Waals surface area (Å²) in [4.78, 5) is 24.8. The number of allylic oxidation sites excluding steroid dienone is 2. The molecular formula is C17H15NO4. The molecule has 1 aromatic carbocycles. The van der Waals surface area contributed by atoms with E-state index in [1.165, 1.54) is 4.90 Å². The lowest BCUT2D eigenvalue weighted by molar-refractivity contribution is -0.136. The maximum absolute atomic E-state index is 12.2. The van der Waals surface area contributed by atoms with Crippen LogP contribution in [0.15, 0.2) is 54.8 Å². The van der Waals surface area contributed by atoms with Crippen LogP contribution in [0, 0.1) is 11.8 Å². The van der Waals surface area contributed by atoms with E-state index >= 15 is 0 Å². The Hall–Kier alpha value is -3.00. The highest BCUT2D eigenvalue weighted by molar-refractivity contribution is 5.88. The van der Waals surface area contributed by atoms with E-state index in [1.54, 1.807) is 55.6 Å². The van der Waals surface area contributed by atoms with E-state index in [-0.39, 0.29) is 6.61 Å². The van der Waals surface area contributed by atoms with E-state index in [2.05, 4.69) is 11.8 Å². The zero-order valence-electron chi connectivity index (χ0n) is 12.1. The van der Waals surface area contributed by atoms with Crippen LogP contribution in [-0.4, -0.2) is 29.6 Å². The summed E-state index contributed by atoms with van der Waals surface area (Å²) in [6.07, 6.45) is 6.11. The Balaban J connectivity index is 2.07. The summed E-state index contributed by atoms with van der Waals surface area (Å²) in [7, 11) is 0. The molecule has 0 aromatic heterocycles. The van der Waals surface area contributed by atoms with Gasteiger partial charge in [0.15, 0.2) is 0 Å². The maximum atomic E-state index is 12.2. The van der Waals surface area contributed by atoms with Crippen LogP contribution >= 0.6 is 0 Å². The SMILES string of the molecule is CCOC(=O)C#CC1C=CC=CN1C(=O)Oc1ccccc1. The van der Waals surface area contributed by atoms with Crippen LogP contribution in [0.3, 0.4) is 0 Å². The highest BCUT2D eigenvalue weighted by Gasteiger charge is 2.21. The molecule has 0 spiro atoms. The number of amides is 1. The molecule has 0 saturated heterocycles. The zero-order chi connectivity index (χ0) is 15.8. The first kappa shape index (κ1) is 15.4. The van der Waals surface area contributed by atoms with E-state index < -0.39 is 18.1 Å². The number of rotatable bonds is 2. The number of ether oxygens (including phenoxy) is 2. The van der Waals surface area contributed by atoms with Gasteiger partial charge >= 0.3 is 12.1 Å². The van der Waals surface area contributed by atoms with Crippen molar-refractivity contribution in [3.05, 3.63) is 54.8 Å². The minimum atomic E-state index is -0.623. The highest BCUT2D eigenvalue weighted by Crippen LogP contribution is 2.14. The number of hydrogen-bond acceptors (Lipinski definition) is 4. The van der Waals surface area contributed by atoms with Crippen molar-refractivity contribution in [3.63, 3.8) is 0 Å². The lowest BCUT2D eigenvalue weighted by atomic mass is 10.2. The van der Waals surface area contributed by atoms with Gasteiger partial charge in [-0.3, -0.25) is 4.90 Å². The fourth-order valence-corrected chi connectivity index (χ4v) is 1.73. The van der Waals surface area contributed by atoms with Crippen LogP contribution < -0.4 is 4.74 Å². The number of hydrogen-bond donors (Lipinski definition) is 0. The van der Waals surface area contributed by atoms with Crippen LogP contribution in [0.1, 0.15) is 6.92 Å². The Labute approximate surface area is 128 Å². The first-order chi connectivity index (χ1) is 10.7. The monoisotopic (exact) mass is 297 g/mol. The van der Waals surface area contributed by atoms with E-state index in [0.29, 0.717) is 5.75 Å². The number of carbonyl (C=O) groups excluding carboxylic acids is 2. The molecule has 112 valence electrons. The molecule has 0 aliphatic carbocycles. The van der Waals surface area contributed by atoms with Crippen molar-refractivity contribution in [1.82, 2.24) is 4.90 Å². The zero-order valence-corrected chi connectivity index (χ0v) is 12.1. The van der Waals surface area contributed by atoms with E-state index in [0.717, 1.165) is 0 Å². The summed E-state index contributed by atoms with van der Waals surface area (Å²) in [6, 6.07) is 8.15. The molecule has 5 heteroatoms. The first-order valence-corrected chi connectivity index (χ1v) is 6.79. The third kappa shape index (κ3) is 4.25. The summed E-state index contributed by atoms with van der Waals surface area (Å²) in [5.41, 5.74) is 0. The second-order valence-electron chi connectivity index (χ2n) is 4.25. The Morgan fingerprint density at radius 1 is 1.23 bits per heavy atom. The van der Waals surface area contributed by atoms with Crippen LogP contribution in [0.5, 0.6) is 5.75 Å². The van der Waals surface area contributed by atoms with Crippen molar-refractivity contribution >= 4 is 12.1 Å². The topological polar surface area (TPSA) is 55.8 Å². The van der Waals surface area contributed by atoms with Gasteiger partial charge in [-0.05, 0) is 31.2 Å². The molecule has 0 fully saturated rings. The molecule has 0 N–H and O–H groups in total. The summed E-state index contributed by atoms with van der Waals surface area (Å²) < 4.78 is 9.99. The van der Waals surface area contributed by atoms with Crippen LogP contribution in [0.25, 0.3) is 0 Å². The molecule has 2 rings (SSSR count). The van der Waals surface area contributed by atoms with Gasteiger partial charge in [-0.1, -0.05) is 30.2 Å². The molecule has 1 aromatic rings. The molecule has 1 atom stereocenters. The Morgan fingerprint density at radius 3 is 2.73 bits per heavy atom. The molecule has 0 saturated carbocycles. The standard InChI is InChI=1S/C17H15NO4/c1-2-21-16(19)12-11-14-8-6-7-13-18(14)17(20)22-15-9-4-3-5-10-15/h3-10,13-14H,2H2,1H3. The molecule has 1 amide bonds. The van der Waals surface area contributed by atoms with Crippen molar-refractivity contribution in [2.24, 2.45) is 0 Å². The van der Waals surface area contributed by atoms with Gasteiger partial charge in [0, 0.05) is 12.1 Å². The normalized spacial score (nSPS) is 15.7. The van der Waals surface area contributed by atoms with Gasteiger partial charge in [0.2, 0.25) is 0 Å². The Bertz CT molecular complexity index is 652. The summed E-state index contributed by atoms with van der Waals surface area (Å²) in [6.45, 7) is 1.96. The molecule has 0 bridgehead atoms. The van der Waals surface area contributed by atoms with Crippen molar-refractivity contribution in [1.29, 1.82) is 0 Å². The van der Waals surface area contributed by atoms with E-state index in [4.69, 9.17) is 9.47 Å². The van der Waals surface area contributed by atoms with Gasteiger partial charge < -0.3 is 9.47 Å². The average Bonchev–Trinajstić information content (AvgIpc) is 2.54. The molecule has 1 heterocycles. The highest BCUT2D eigenvalue weighted by atomic mass is 16.6. The van der Waals surface area contributed by atoms with E-state index in [9.17, 15) is 9.59 Å². The summed E-state index contributed by atoms with van der Waals surface area (Å²) >= 11 is 0. The van der Waals surface area contributed by atoms with Crippen molar-refractivity contribution in [3.8, 4) is 17.6 Å². The molecular weight excluding hydrogens is 282 g/mol. The number of para-hydroxylation sites is 1. The van der Waals surface area contributed by atoms with Crippen LogP contribution in [0.4, 0.5) is 4.79 Å². The third-order valence-electron chi connectivity index (χ3n) is 2.71. The van der Waals surface area contributed by atoms with Gasteiger partial charge in [0.05, 0.1) is 6.61 Å². The molecule has 1 aliphatic heterocycles. The molecule has 1 unspecified atom stereocenters. The molecule has 22 heavy (non-hydrogen) atoms. The van der Waals surface area contributed by atoms with Crippen LogP contribution in [0.2, 0.25) is 0 Å². The molecule has 0 radical (unpaired) electrons. The van der Waals surface area contributed by atoms with Gasteiger partial charge in [-0.25, -0.2) is 9.59 Å². The third-order valence-corrected chi connectivity index (χ3v) is 2.71. The predicted octanol–water partition coefficient (Wildman–Crippen LogP) is 2.51. The minimum absolute atomic E-state index is 0.258. The van der Waals surface area contributed by atoms with Crippen molar-refractivity contribution < 1.29 is 19.1 Å². The second kappa shape index (κ2) is 7.70. The molecule has 5 nitrogen and oxygen atoms in total. The fourth-order valence-electron chi connectivity index (χ4n) is 1.73. The van der Waals surface area contributed by atoms with Crippen molar-refractivity contribution in [2.45, 2.75) is 13.0 Å². The maximum Gasteiger partial charge on any atom is 0.420 e. The van der Waals surface area contributed by atoms with Gasteiger partial charge in [-0.15, -0.1) is 0 Å². The summed E-state index contributed by atoms with van der Waals surface area (Å²) in [5, 5.41) is 0. The van der Waals surface area contributed by atoms with Gasteiger partial charge in [0.25, 0.3) is 0 Å². The number of nitrogens with zero attached hydrogens (tertiary/aromatic N) is 1. The minimum Gasteiger partial charge on any atom is -0.456 e. The Kier molecular flexibility index (Phi) is 5.38. The lowest BCUT2D eigenvalue weighted by Gasteiger charge is -2.23. The Morgan fingerprint density at radius 2 is 2.00 bits per heavy atom. The van der Waals surface area contributed by atoms with Gasteiger partial charge in [-0.2, -0.15) is 0 Å². The summed E-state index contributed by atoms with van der Waals surface area (Å²) in [5.74, 6) is 4.86. The molecule has 1 aliphatic rings. The smallest absolute Gasteiger partial charge is 0.420 e. The quantitative estimate of drug-likeness (QED) is 0.478. The number of esters is 1. The fraction of sp³-hybridized carbons (Fsp3) is 0.176. The first-order valence-electron chi connectivity index (χ1n) is 6.79. The second-order valence-corrected chi connectivity index (χ2v) is 4.25. The largest absolute Gasteiger partial charge is 0.456 e. The van der Waals surface area contributed by atoms with Gasteiger partial charge in [0.1, 0.15) is 11.8 Å². The van der Waals surface area contributed by atoms with E-state index in [1.807, 2.05) is 6.07 Å². The number of benzene rings is 1. The van der Waals surface area contributed by atoms with Crippen LogP contribution in [-0.2, 0) is 9.53 Å². The predicted molar refractivity (Wildman–Crippen MR) is 80.8 cm³/mol. The lowest BCUT2D eigenvalue weighted by Crippen LogP contribution is -2.37. The average molecular weight is 297 g/mol. The van der Waals surface area contributed by atoms with Crippen molar-refractivity contribution in [2.75, 3.05) is 6.61 Å².